The van der Waals surface area contributed by atoms with Crippen LogP contribution in [0.2, 0.25) is 0 Å². The Bertz CT molecular complexity index is 598. The van der Waals surface area contributed by atoms with Gasteiger partial charge in [-0.3, -0.25) is 9.79 Å². The third-order valence-corrected chi connectivity index (χ3v) is 3.53. The Balaban J connectivity index is 2.52. The van der Waals surface area contributed by atoms with Gasteiger partial charge in [0, 0.05) is 13.1 Å². The maximum Gasteiger partial charge on any atom is 0.305 e. The summed E-state index contributed by atoms with van der Waals surface area (Å²) in [5, 5.41) is 8.76. The number of rotatable bonds is 4. The Kier molecular flexibility index (Phi) is 3.58. The zero-order valence-corrected chi connectivity index (χ0v) is 10.4. The summed E-state index contributed by atoms with van der Waals surface area (Å²) in [7, 11) is 0. The number of fused-ring (bicyclic) bond motifs is 1. The normalized spacial score (nSPS) is 12.2. The maximum absolute atomic E-state index is 10.7. The van der Waals surface area contributed by atoms with E-state index in [1.807, 2.05) is 35.8 Å². The van der Waals surface area contributed by atoms with Crippen LogP contribution in [0.4, 0.5) is 0 Å². The molecule has 1 heterocycles. The molecule has 0 bridgehead atoms. The van der Waals surface area contributed by atoms with Crippen LogP contribution in [0.5, 0.6) is 0 Å². The van der Waals surface area contributed by atoms with Gasteiger partial charge in [0.1, 0.15) is 0 Å². The first-order valence-corrected chi connectivity index (χ1v) is 6.34. The summed E-state index contributed by atoms with van der Waals surface area (Å²) in [6, 6.07) is 7.98. The van der Waals surface area contributed by atoms with Crippen LogP contribution >= 0.6 is 11.3 Å². The van der Waals surface area contributed by atoms with Gasteiger partial charge in [0.15, 0.2) is 4.80 Å². The highest BCUT2D eigenvalue weighted by atomic mass is 32.1. The van der Waals surface area contributed by atoms with Gasteiger partial charge < -0.3 is 9.67 Å². The van der Waals surface area contributed by atoms with Gasteiger partial charge >= 0.3 is 5.97 Å². The minimum atomic E-state index is -0.782. The summed E-state index contributed by atoms with van der Waals surface area (Å²) in [5.41, 5.74) is 1.06. The molecule has 0 spiro atoms. The molecule has 0 saturated carbocycles. The van der Waals surface area contributed by atoms with Gasteiger partial charge in [-0.25, -0.2) is 0 Å². The van der Waals surface area contributed by atoms with Crippen LogP contribution in [0.3, 0.4) is 0 Å². The van der Waals surface area contributed by atoms with E-state index in [0.717, 1.165) is 15.0 Å². The molecule has 0 fully saturated rings. The molecular formula is C12H14N2O2S. The van der Waals surface area contributed by atoms with Crippen molar-refractivity contribution < 1.29 is 9.90 Å². The second kappa shape index (κ2) is 5.14. The average Bonchev–Trinajstić information content (AvgIpc) is 2.64. The molecule has 0 atom stereocenters. The molecule has 0 amide bonds. The van der Waals surface area contributed by atoms with Gasteiger partial charge in [-0.05, 0) is 19.1 Å². The molecule has 5 heteroatoms. The molecule has 0 aliphatic carbocycles. The zero-order chi connectivity index (χ0) is 12.3. The first kappa shape index (κ1) is 11.9. The van der Waals surface area contributed by atoms with E-state index in [4.69, 9.17) is 5.11 Å². The Morgan fingerprint density at radius 1 is 1.47 bits per heavy atom. The minimum absolute atomic E-state index is 0.123. The highest BCUT2D eigenvalue weighted by Crippen LogP contribution is 2.16. The molecule has 0 unspecified atom stereocenters. The number of carboxylic acids is 1. The van der Waals surface area contributed by atoms with Crippen molar-refractivity contribution in [2.75, 3.05) is 6.54 Å². The van der Waals surface area contributed by atoms with E-state index in [2.05, 4.69) is 4.99 Å². The van der Waals surface area contributed by atoms with Crippen LogP contribution in [0.15, 0.2) is 29.3 Å². The zero-order valence-electron chi connectivity index (χ0n) is 9.59. The SMILES string of the molecule is CCN=c1sc2ccccc2n1CCC(=O)O. The van der Waals surface area contributed by atoms with E-state index in [0.29, 0.717) is 13.1 Å². The third-order valence-electron chi connectivity index (χ3n) is 2.43. The monoisotopic (exact) mass is 250 g/mol. The van der Waals surface area contributed by atoms with Gasteiger partial charge in [0.2, 0.25) is 0 Å². The van der Waals surface area contributed by atoms with E-state index in [9.17, 15) is 4.79 Å². The number of para-hydroxylation sites is 1. The Hall–Kier alpha value is -1.62. The lowest BCUT2D eigenvalue weighted by Gasteiger charge is -2.02. The number of thiazole rings is 1. The highest BCUT2D eigenvalue weighted by Gasteiger charge is 2.06. The highest BCUT2D eigenvalue weighted by molar-refractivity contribution is 7.16. The molecule has 4 nitrogen and oxygen atoms in total. The van der Waals surface area contributed by atoms with Crippen LogP contribution in [0.25, 0.3) is 10.2 Å². The molecule has 1 aromatic carbocycles. The first-order valence-electron chi connectivity index (χ1n) is 5.53. The number of aliphatic carboxylic acids is 1. The molecule has 1 N–H and O–H groups in total. The molecule has 17 heavy (non-hydrogen) atoms. The largest absolute Gasteiger partial charge is 0.481 e. The van der Waals surface area contributed by atoms with Gasteiger partial charge in [-0.15, -0.1) is 0 Å². The van der Waals surface area contributed by atoms with E-state index in [1.54, 1.807) is 11.3 Å². The van der Waals surface area contributed by atoms with Gasteiger partial charge in [-0.1, -0.05) is 23.5 Å². The van der Waals surface area contributed by atoms with Crippen molar-refractivity contribution >= 4 is 27.5 Å². The smallest absolute Gasteiger partial charge is 0.305 e. The van der Waals surface area contributed by atoms with Crippen LogP contribution < -0.4 is 4.80 Å². The van der Waals surface area contributed by atoms with Crippen molar-refractivity contribution in [2.24, 2.45) is 4.99 Å². The van der Waals surface area contributed by atoms with Crippen molar-refractivity contribution in [2.45, 2.75) is 19.9 Å². The summed E-state index contributed by atoms with van der Waals surface area (Å²) in [4.78, 5) is 16.0. The summed E-state index contributed by atoms with van der Waals surface area (Å²) in [5.74, 6) is -0.782. The Morgan fingerprint density at radius 2 is 2.24 bits per heavy atom. The number of hydrogen-bond acceptors (Lipinski definition) is 3. The second-order valence-corrected chi connectivity index (χ2v) is 4.63. The van der Waals surface area contributed by atoms with Crippen LogP contribution in [0.1, 0.15) is 13.3 Å². The van der Waals surface area contributed by atoms with Crippen molar-refractivity contribution in [1.29, 1.82) is 0 Å². The molecule has 90 valence electrons. The summed E-state index contributed by atoms with van der Waals surface area (Å²) in [6.07, 6.45) is 0.123. The molecule has 2 rings (SSSR count). The quantitative estimate of drug-likeness (QED) is 0.903. The maximum atomic E-state index is 10.7. The second-order valence-electron chi connectivity index (χ2n) is 3.62. The number of aromatic nitrogens is 1. The lowest BCUT2D eigenvalue weighted by molar-refractivity contribution is -0.137. The van der Waals surface area contributed by atoms with Crippen molar-refractivity contribution in [1.82, 2.24) is 4.57 Å². The van der Waals surface area contributed by atoms with E-state index in [1.165, 1.54) is 0 Å². The van der Waals surface area contributed by atoms with Crippen molar-refractivity contribution in [3.8, 4) is 0 Å². The van der Waals surface area contributed by atoms with E-state index >= 15 is 0 Å². The fourth-order valence-electron chi connectivity index (χ4n) is 1.70. The number of benzene rings is 1. The molecule has 0 aliphatic heterocycles. The van der Waals surface area contributed by atoms with Crippen molar-refractivity contribution in [3.63, 3.8) is 0 Å². The average molecular weight is 250 g/mol. The number of aryl methyl sites for hydroxylation is 1. The Labute approximate surface area is 103 Å². The Morgan fingerprint density at radius 3 is 2.94 bits per heavy atom. The lowest BCUT2D eigenvalue weighted by atomic mass is 10.3. The van der Waals surface area contributed by atoms with E-state index < -0.39 is 5.97 Å². The van der Waals surface area contributed by atoms with Crippen LogP contribution in [-0.2, 0) is 11.3 Å². The fraction of sp³-hybridized carbons (Fsp3) is 0.333. The molecular weight excluding hydrogens is 236 g/mol. The predicted molar refractivity (Wildman–Crippen MR) is 68.2 cm³/mol. The topological polar surface area (TPSA) is 54.6 Å². The number of carboxylic acid groups (broad SMARTS) is 1. The molecule has 1 aromatic heterocycles. The molecule has 2 aromatic rings. The fourth-order valence-corrected chi connectivity index (χ4v) is 2.82. The van der Waals surface area contributed by atoms with Crippen molar-refractivity contribution in [3.05, 3.63) is 29.1 Å². The van der Waals surface area contributed by atoms with Gasteiger partial charge in [0.05, 0.1) is 16.6 Å². The number of hydrogen-bond donors (Lipinski definition) is 1. The number of carbonyl (C=O) groups is 1. The molecule has 0 saturated heterocycles. The number of nitrogens with zero attached hydrogens (tertiary/aromatic N) is 2. The first-order chi connectivity index (χ1) is 8.22. The van der Waals surface area contributed by atoms with Crippen LogP contribution in [-0.4, -0.2) is 22.2 Å². The van der Waals surface area contributed by atoms with Gasteiger partial charge in [0.25, 0.3) is 0 Å². The standard InChI is InChI=1S/C12H14N2O2S/c1-2-13-12-14(8-7-11(15)16)9-5-3-4-6-10(9)17-12/h3-6H,2,7-8H2,1H3,(H,15,16). The predicted octanol–water partition coefficient (Wildman–Crippen LogP) is 2.10. The van der Waals surface area contributed by atoms with Crippen LogP contribution in [0, 0.1) is 0 Å². The lowest BCUT2D eigenvalue weighted by Crippen LogP contribution is -2.17. The summed E-state index contributed by atoms with van der Waals surface area (Å²) >= 11 is 1.60. The molecule has 0 aliphatic rings. The van der Waals surface area contributed by atoms with E-state index in [-0.39, 0.29) is 6.42 Å². The minimum Gasteiger partial charge on any atom is -0.481 e. The van der Waals surface area contributed by atoms with Gasteiger partial charge in [-0.2, -0.15) is 0 Å². The summed E-state index contributed by atoms with van der Waals surface area (Å²) < 4.78 is 3.13. The third kappa shape index (κ3) is 2.55. The summed E-state index contributed by atoms with van der Waals surface area (Å²) in [6.45, 7) is 3.16. The molecule has 0 radical (unpaired) electrons.